The lowest BCUT2D eigenvalue weighted by atomic mass is 10.1. The van der Waals surface area contributed by atoms with Gasteiger partial charge in [0.05, 0.1) is 22.6 Å². The molecule has 132 valence electrons. The molecular weight excluding hydrogens is 331 g/mol. The van der Waals surface area contributed by atoms with E-state index in [0.29, 0.717) is 24.0 Å². The van der Waals surface area contributed by atoms with Gasteiger partial charge in [-0.15, -0.1) is 0 Å². The summed E-state index contributed by atoms with van der Waals surface area (Å²) >= 11 is 0. The molecule has 0 bridgehead atoms. The van der Waals surface area contributed by atoms with E-state index in [9.17, 15) is 9.18 Å². The van der Waals surface area contributed by atoms with Crippen molar-refractivity contribution in [3.63, 3.8) is 0 Å². The third-order valence-corrected chi connectivity index (χ3v) is 4.60. The molecule has 0 radical (unpaired) electrons. The topological polar surface area (TPSA) is 51.9 Å². The summed E-state index contributed by atoms with van der Waals surface area (Å²) < 4.78 is 17.1. The number of aryl methyl sites for hydroxylation is 1. The van der Waals surface area contributed by atoms with Crippen molar-refractivity contribution >= 4 is 21.8 Å². The van der Waals surface area contributed by atoms with Crippen LogP contribution in [-0.2, 0) is 20.1 Å². The van der Waals surface area contributed by atoms with Crippen molar-refractivity contribution in [3.8, 4) is 0 Å². The molecule has 0 aliphatic carbocycles. The van der Waals surface area contributed by atoms with Crippen LogP contribution >= 0.6 is 0 Å². The van der Waals surface area contributed by atoms with Gasteiger partial charge in [-0.25, -0.2) is 4.39 Å². The van der Waals surface area contributed by atoms with Gasteiger partial charge in [0, 0.05) is 32.1 Å². The summed E-state index contributed by atoms with van der Waals surface area (Å²) in [6, 6.07) is 14.6. The standard InChI is InChI=1S/C20H19FN4O/c1-24-19-16-8-7-15(21)11-18(16)25(20(26)17(19)13-23-24)10-9-22-12-14-5-3-2-4-6-14/h2-8,11,13,22H,9-10,12H2,1H3. The summed E-state index contributed by atoms with van der Waals surface area (Å²) in [5.74, 6) is -0.357. The third-order valence-electron chi connectivity index (χ3n) is 4.60. The van der Waals surface area contributed by atoms with Gasteiger partial charge in [-0.05, 0) is 23.8 Å². The van der Waals surface area contributed by atoms with Crippen molar-refractivity contribution in [3.05, 3.63) is 76.5 Å². The average Bonchev–Trinajstić information content (AvgIpc) is 3.04. The Bertz CT molecular complexity index is 1130. The number of nitrogens with zero attached hydrogens (tertiary/aromatic N) is 3. The Balaban J connectivity index is 1.68. The summed E-state index contributed by atoms with van der Waals surface area (Å²) in [5, 5.41) is 8.91. The van der Waals surface area contributed by atoms with Crippen molar-refractivity contribution in [2.75, 3.05) is 6.54 Å². The number of halogens is 1. The first-order chi connectivity index (χ1) is 12.6. The van der Waals surface area contributed by atoms with Crippen LogP contribution in [0.5, 0.6) is 0 Å². The first-order valence-electron chi connectivity index (χ1n) is 8.53. The molecule has 0 saturated carbocycles. The largest absolute Gasteiger partial charge is 0.311 e. The van der Waals surface area contributed by atoms with Crippen LogP contribution < -0.4 is 10.9 Å². The Morgan fingerprint density at radius 1 is 1.12 bits per heavy atom. The number of pyridine rings is 1. The summed E-state index contributed by atoms with van der Waals surface area (Å²) in [4.78, 5) is 12.9. The third kappa shape index (κ3) is 2.88. The molecule has 0 amide bonds. The zero-order chi connectivity index (χ0) is 18.1. The molecule has 4 rings (SSSR count). The van der Waals surface area contributed by atoms with Crippen LogP contribution in [0, 0.1) is 5.82 Å². The van der Waals surface area contributed by atoms with E-state index in [0.717, 1.165) is 17.4 Å². The monoisotopic (exact) mass is 350 g/mol. The molecule has 26 heavy (non-hydrogen) atoms. The Morgan fingerprint density at radius 3 is 2.73 bits per heavy atom. The van der Waals surface area contributed by atoms with Gasteiger partial charge in [-0.1, -0.05) is 30.3 Å². The Labute approximate surface area is 149 Å². The molecule has 0 spiro atoms. The predicted molar refractivity (Wildman–Crippen MR) is 101 cm³/mol. The zero-order valence-corrected chi connectivity index (χ0v) is 14.4. The molecule has 2 aromatic carbocycles. The smallest absolute Gasteiger partial charge is 0.262 e. The van der Waals surface area contributed by atoms with E-state index in [-0.39, 0.29) is 11.4 Å². The molecule has 5 nitrogen and oxygen atoms in total. The molecule has 0 aliphatic rings. The molecular formula is C20H19FN4O. The number of hydrogen-bond donors (Lipinski definition) is 1. The summed E-state index contributed by atoms with van der Waals surface area (Å²) in [7, 11) is 1.79. The van der Waals surface area contributed by atoms with Crippen LogP contribution in [-0.4, -0.2) is 20.9 Å². The molecule has 0 atom stereocenters. The van der Waals surface area contributed by atoms with E-state index in [4.69, 9.17) is 0 Å². The minimum atomic E-state index is -0.357. The van der Waals surface area contributed by atoms with Gasteiger partial charge in [-0.2, -0.15) is 5.10 Å². The van der Waals surface area contributed by atoms with E-state index < -0.39 is 0 Å². The number of fused-ring (bicyclic) bond motifs is 3. The van der Waals surface area contributed by atoms with Gasteiger partial charge in [-0.3, -0.25) is 9.48 Å². The van der Waals surface area contributed by atoms with Gasteiger partial charge in [0.1, 0.15) is 5.82 Å². The van der Waals surface area contributed by atoms with E-state index in [1.54, 1.807) is 28.6 Å². The van der Waals surface area contributed by atoms with Crippen LogP contribution in [0.4, 0.5) is 4.39 Å². The molecule has 2 heterocycles. The molecule has 0 fully saturated rings. The van der Waals surface area contributed by atoms with E-state index in [1.165, 1.54) is 17.7 Å². The molecule has 6 heteroatoms. The van der Waals surface area contributed by atoms with Crippen molar-refractivity contribution in [1.29, 1.82) is 0 Å². The fourth-order valence-corrected chi connectivity index (χ4v) is 3.34. The van der Waals surface area contributed by atoms with Gasteiger partial charge >= 0.3 is 0 Å². The minimum Gasteiger partial charge on any atom is -0.311 e. The average molecular weight is 350 g/mol. The van der Waals surface area contributed by atoms with Crippen LogP contribution in [0.15, 0.2) is 59.5 Å². The second-order valence-corrected chi connectivity index (χ2v) is 6.31. The van der Waals surface area contributed by atoms with Crippen molar-refractivity contribution < 1.29 is 4.39 Å². The van der Waals surface area contributed by atoms with Crippen molar-refractivity contribution in [2.24, 2.45) is 7.05 Å². The highest BCUT2D eigenvalue weighted by molar-refractivity contribution is 6.03. The lowest BCUT2D eigenvalue weighted by molar-refractivity contribution is 0.596. The summed E-state index contributed by atoms with van der Waals surface area (Å²) in [5.41, 5.74) is 2.36. The van der Waals surface area contributed by atoms with E-state index in [1.807, 2.05) is 30.3 Å². The van der Waals surface area contributed by atoms with Crippen molar-refractivity contribution in [2.45, 2.75) is 13.1 Å². The highest BCUT2D eigenvalue weighted by Gasteiger charge is 2.14. The zero-order valence-electron chi connectivity index (χ0n) is 14.4. The van der Waals surface area contributed by atoms with Gasteiger partial charge < -0.3 is 9.88 Å². The van der Waals surface area contributed by atoms with Gasteiger partial charge in [0.2, 0.25) is 0 Å². The van der Waals surface area contributed by atoms with Gasteiger partial charge in [0.25, 0.3) is 5.56 Å². The van der Waals surface area contributed by atoms with Gasteiger partial charge in [0.15, 0.2) is 0 Å². The Hall–Kier alpha value is -2.99. The Morgan fingerprint density at radius 2 is 1.92 bits per heavy atom. The lowest BCUT2D eigenvalue weighted by Crippen LogP contribution is -2.27. The number of hydrogen-bond acceptors (Lipinski definition) is 3. The second-order valence-electron chi connectivity index (χ2n) is 6.31. The minimum absolute atomic E-state index is 0.146. The quantitative estimate of drug-likeness (QED) is 0.563. The van der Waals surface area contributed by atoms with E-state index >= 15 is 0 Å². The van der Waals surface area contributed by atoms with Crippen LogP contribution in [0.25, 0.3) is 21.8 Å². The predicted octanol–water partition coefficient (Wildman–Crippen LogP) is 2.82. The second kappa shape index (κ2) is 6.72. The number of nitrogens with one attached hydrogen (secondary N) is 1. The number of aromatic nitrogens is 3. The van der Waals surface area contributed by atoms with Crippen LogP contribution in [0.2, 0.25) is 0 Å². The number of benzene rings is 2. The Kier molecular flexibility index (Phi) is 4.26. The molecule has 0 aliphatic heterocycles. The number of rotatable bonds is 5. The first kappa shape index (κ1) is 16.5. The summed E-state index contributed by atoms with van der Waals surface area (Å²) in [6.45, 7) is 1.78. The molecule has 0 unspecified atom stereocenters. The molecule has 4 aromatic rings. The fourth-order valence-electron chi connectivity index (χ4n) is 3.34. The highest BCUT2D eigenvalue weighted by atomic mass is 19.1. The van der Waals surface area contributed by atoms with Crippen molar-refractivity contribution in [1.82, 2.24) is 19.7 Å². The maximum Gasteiger partial charge on any atom is 0.262 e. The normalized spacial score (nSPS) is 11.5. The maximum atomic E-state index is 13.8. The fraction of sp³-hybridized carbons (Fsp3) is 0.200. The molecule has 1 N–H and O–H groups in total. The summed E-state index contributed by atoms with van der Waals surface area (Å²) in [6.07, 6.45) is 1.58. The molecule has 0 saturated heterocycles. The van der Waals surface area contributed by atoms with E-state index in [2.05, 4.69) is 10.4 Å². The van der Waals surface area contributed by atoms with Crippen LogP contribution in [0.1, 0.15) is 5.56 Å². The lowest BCUT2D eigenvalue weighted by Gasteiger charge is -2.13. The highest BCUT2D eigenvalue weighted by Crippen LogP contribution is 2.23. The van der Waals surface area contributed by atoms with Crippen LogP contribution in [0.3, 0.4) is 0 Å². The first-order valence-corrected chi connectivity index (χ1v) is 8.53. The molecule has 2 aromatic heterocycles. The maximum absolute atomic E-state index is 13.8. The SMILES string of the molecule is Cn1ncc2c(=O)n(CCNCc3ccccc3)c3cc(F)ccc3c21.